The highest BCUT2D eigenvalue weighted by Crippen LogP contribution is 2.45. The third-order valence-corrected chi connectivity index (χ3v) is 4.21. The molecule has 18 heavy (non-hydrogen) atoms. The Hall–Kier alpha value is -1.29. The molecule has 2 aromatic rings. The molecule has 0 saturated heterocycles. The van der Waals surface area contributed by atoms with Crippen molar-refractivity contribution in [3.63, 3.8) is 0 Å². The number of nitrogens with two attached hydrogens (primary N) is 1. The van der Waals surface area contributed by atoms with Gasteiger partial charge >= 0.3 is 0 Å². The largest absolute Gasteiger partial charge is 0.382 e. The molecule has 3 N–H and O–H groups in total. The Labute approximate surface area is 115 Å². The van der Waals surface area contributed by atoms with Crippen LogP contribution in [0, 0.1) is 5.92 Å². The quantitative estimate of drug-likeness (QED) is 0.902. The van der Waals surface area contributed by atoms with E-state index in [9.17, 15) is 0 Å². The molecule has 0 radical (unpaired) electrons. The van der Waals surface area contributed by atoms with Crippen LogP contribution in [0.1, 0.15) is 31.4 Å². The van der Waals surface area contributed by atoms with E-state index in [2.05, 4.69) is 45.2 Å². The van der Waals surface area contributed by atoms with Crippen molar-refractivity contribution in [1.82, 2.24) is 10.2 Å². The molecule has 1 aliphatic rings. The Morgan fingerprint density at radius 3 is 2.89 bits per heavy atom. The highest BCUT2D eigenvalue weighted by molar-refractivity contribution is 9.10. The molecular weight excluding hydrogens is 290 g/mol. The normalized spacial score (nSPS) is 16.8. The lowest BCUT2D eigenvalue weighted by Crippen LogP contribution is -1.99. The third kappa shape index (κ3) is 2.05. The summed E-state index contributed by atoms with van der Waals surface area (Å²) < 4.78 is 1.06. The molecular formula is C14H16BrN3. The van der Waals surface area contributed by atoms with Crippen LogP contribution in [0.3, 0.4) is 0 Å². The van der Waals surface area contributed by atoms with Gasteiger partial charge in [-0.25, -0.2) is 0 Å². The number of aromatic amines is 1. The standard InChI is InChI=1S/C14H16BrN3/c1-8(9-5-6-9)13-12(14(16)18-17-13)10-3-2-4-11(15)7-10/h2-4,7-9H,5-6H2,1H3,(H3,16,17,18). The number of hydrogen-bond acceptors (Lipinski definition) is 2. The summed E-state index contributed by atoms with van der Waals surface area (Å²) in [7, 11) is 0. The second-order valence-electron chi connectivity index (χ2n) is 5.03. The summed E-state index contributed by atoms with van der Waals surface area (Å²) in [4.78, 5) is 0. The minimum absolute atomic E-state index is 0.504. The first-order valence-corrected chi connectivity index (χ1v) is 7.06. The molecule has 1 aromatic heterocycles. The summed E-state index contributed by atoms with van der Waals surface area (Å²) in [6, 6.07) is 8.21. The maximum Gasteiger partial charge on any atom is 0.153 e. The van der Waals surface area contributed by atoms with Gasteiger partial charge in [0.1, 0.15) is 0 Å². The Kier molecular flexibility index (Phi) is 2.90. The van der Waals surface area contributed by atoms with E-state index in [1.54, 1.807) is 0 Å². The van der Waals surface area contributed by atoms with E-state index in [-0.39, 0.29) is 0 Å². The number of benzene rings is 1. The zero-order valence-corrected chi connectivity index (χ0v) is 11.9. The molecule has 1 saturated carbocycles. The van der Waals surface area contributed by atoms with Gasteiger partial charge in [0.05, 0.1) is 0 Å². The zero-order chi connectivity index (χ0) is 12.7. The van der Waals surface area contributed by atoms with Gasteiger partial charge in [0, 0.05) is 21.6 Å². The van der Waals surface area contributed by atoms with Crippen LogP contribution in [0.25, 0.3) is 11.1 Å². The fraction of sp³-hybridized carbons (Fsp3) is 0.357. The predicted octanol–water partition coefficient (Wildman–Crippen LogP) is 3.93. The van der Waals surface area contributed by atoms with E-state index in [1.807, 2.05) is 12.1 Å². The second kappa shape index (κ2) is 4.43. The number of H-pyrrole nitrogens is 1. The number of rotatable bonds is 3. The van der Waals surface area contributed by atoms with Crippen LogP contribution in [-0.2, 0) is 0 Å². The molecule has 1 aromatic carbocycles. The molecule has 94 valence electrons. The summed E-state index contributed by atoms with van der Waals surface area (Å²) in [5.74, 6) is 1.88. The van der Waals surface area contributed by atoms with Gasteiger partial charge in [-0.3, -0.25) is 5.10 Å². The average Bonchev–Trinajstić information content (AvgIpc) is 3.12. The maximum absolute atomic E-state index is 6.02. The Morgan fingerprint density at radius 2 is 2.22 bits per heavy atom. The van der Waals surface area contributed by atoms with E-state index in [1.165, 1.54) is 18.5 Å². The molecule has 1 atom stereocenters. The molecule has 4 heteroatoms. The van der Waals surface area contributed by atoms with Gasteiger partial charge in [-0.15, -0.1) is 0 Å². The lowest BCUT2D eigenvalue weighted by molar-refractivity contribution is 0.642. The van der Waals surface area contributed by atoms with Gasteiger partial charge in [-0.05, 0) is 36.5 Å². The highest BCUT2D eigenvalue weighted by atomic mass is 79.9. The first-order chi connectivity index (χ1) is 8.66. The average molecular weight is 306 g/mol. The summed E-state index contributed by atoms with van der Waals surface area (Å²) in [6.07, 6.45) is 2.63. The summed E-state index contributed by atoms with van der Waals surface area (Å²) in [5, 5.41) is 7.31. The Balaban J connectivity index is 2.07. The fourth-order valence-corrected chi connectivity index (χ4v) is 2.88. The molecule has 1 fully saturated rings. The minimum atomic E-state index is 0.504. The van der Waals surface area contributed by atoms with Crippen molar-refractivity contribution in [3.8, 4) is 11.1 Å². The molecule has 0 bridgehead atoms. The van der Waals surface area contributed by atoms with Crippen LogP contribution in [0.2, 0.25) is 0 Å². The third-order valence-electron chi connectivity index (χ3n) is 3.72. The van der Waals surface area contributed by atoms with E-state index in [0.29, 0.717) is 11.7 Å². The lowest BCUT2D eigenvalue weighted by Gasteiger charge is -2.11. The highest BCUT2D eigenvalue weighted by Gasteiger charge is 2.32. The van der Waals surface area contributed by atoms with Gasteiger partial charge in [-0.2, -0.15) is 5.10 Å². The van der Waals surface area contributed by atoms with Gasteiger partial charge in [0.2, 0.25) is 0 Å². The second-order valence-corrected chi connectivity index (χ2v) is 5.95. The molecule has 3 rings (SSSR count). The number of anilines is 1. The van der Waals surface area contributed by atoms with Gasteiger partial charge in [0.25, 0.3) is 0 Å². The summed E-state index contributed by atoms with van der Waals surface area (Å²) in [5.41, 5.74) is 9.39. The molecule has 0 amide bonds. The molecule has 1 heterocycles. The number of halogens is 1. The number of nitrogens with one attached hydrogen (secondary N) is 1. The van der Waals surface area contributed by atoms with Crippen molar-refractivity contribution in [2.45, 2.75) is 25.7 Å². The zero-order valence-electron chi connectivity index (χ0n) is 10.3. The molecule has 3 nitrogen and oxygen atoms in total. The fourth-order valence-electron chi connectivity index (χ4n) is 2.48. The number of aromatic nitrogens is 2. The van der Waals surface area contributed by atoms with Gasteiger partial charge in [-0.1, -0.05) is 35.0 Å². The van der Waals surface area contributed by atoms with Crippen molar-refractivity contribution >= 4 is 21.7 Å². The summed E-state index contributed by atoms with van der Waals surface area (Å²) >= 11 is 3.50. The van der Waals surface area contributed by atoms with Crippen LogP contribution in [-0.4, -0.2) is 10.2 Å². The first kappa shape index (κ1) is 11.8. The first-order valence-electron chi connectivity index (χ1n) is 6.26. The van der Waals surface area contributed by atoms with Gasteiger partial charge in [0.15, 0.2) is 5.82 Å². The van der Waals surface area contributed by atoms with Crippen LogP contribution in [0.5, 0.6) is 0 Å². The van der Waals surface area contributed by atoms with E-state index in [4.69, 9.17) is 5.73 Å². The minimum Gasteiger partial charge on any atom is -0.382 e. The van der Waals surface area contributed by atoms with E-state index >= 15 is 0 Å². The van der Waals surface area contributed by atoms with Crippen molar-refractivity contribution in [3.05, 3.63) is 34.4 Å². The van der Waals surface area contributed by atoms with E-state index < -0.39 is 0 Å². The topological polar surface area (TPSA) is 54.7 Å². The van der Waals surface area contributed by atoms with E-state index in [0.717, 1.165) is 21.5 Å². The predicted molar refractivity (Wildman–Crippen MR) is 77.3 cm³/mol. The smallest absolute Gasteiger partial charge is 0.153 e. The number of hydrogen-bond donors (Lipinski definition) is 2. The molecule has 0 spiro atoms. The van der Waals surface area contributed by atoms with Crippen LogP contribution >= 0.6 is 15.9 Å². The number of nitrogens with zero attached hydrogens (tertiary/aromatic N) is 1. The molecule has 0 aliphatic heterocycles. The van der Waals surface area contributed by atoms with Crippen LogP contribution in [0.4, 0.5) is 5.82 Å². The molecule has 1 aliphatic carbocycles. The van der Waals surface area contributed by atoms with Crippen LogP contribution < -0.4 is 5.73 Å². The molecule has 1 unspecified atom stereocenters. The van der Waals surface area contributed by atoms with Crippen molar-refractivity contribution in [2.75, 3.05) is 5.73 Å². The Bertz CT molecular complexity index is 572. The maximum atomic E-state index is 6.02. The van der Waals surface area contributed by atoms with Gasteiger partial charge < -0.3 is 5.73 Å². The summed E-state index contributed by atoms with van der Waals surface area (Å²) in [6.45, 7) is 2.26. The van der Waals surface area contributed by atoms with Crippen LogP contribution in [0.15, 0.2) is 28.7 Å². The Morgan fingerprint density at radius 1 is 1.44 bits per heavy atom. The number of nitrogen functional groups attached to an aromatic ring is 1. The lowest BCUT2D eigenvalue weighted by atomic mass is 9.95. The van der Waals surface area contributed by atoms with Crippen molar-refractivity contribution < 1.29 is 0 Å². The monoisotopic (exact) mass is 305 g/mol. The van der Waals surface area contributed by atoms with Crippen molar-refractivity contribution in [2.24, 2.45) is 5.92 Å². The van der Waals surface area contributed by atoms with Crippen molar-refractivity contribution in [1.29, 1.82) is 0 Å². The SMILES string of the molecule is CC(c1[nH]nc(N)c1-c1cccc(Br)c1)C1CC1.